The van der Waals surface area contributed by atoms with Gasteiger partial charge in [0, 0.05) is 29.1 Å². The van der Waals surface area contributed by atoms with Gasteiger partial charge in [-0.2, -0.15) is 4.68 Å². The molecule has 2 aromatic carbocycles. The smallest absolute Gasteiger partial charge is 0.271 e. The van der Waals surface area contributed by atoms with E-state index in [0.29, 0.717) is 11.0 Å². The monoisotopic (exact) mass is 333 g/mol. The number of fused-ring (bicyclic) bond motifs is 1. The Balaban J connectivity index is 1.81. The molecule has 1 atom stereocenters. The molecule has 1 radical (unpaired) electrons. The third kappa shape index (κ3) is 2.55. The second kappa shape index (κ2) is 6.07. The first kappa shape index (κ1) is 14.9. The van der Waals surface area contributed by atoms with Crippen LogP contribution in [0.5, 0.6) is 0 Å². The number of hydrogen-bond donors (Lipinski definition) is 0. The van der Waals surface area contributed by atoms with Gasteiger partial charge < -0.3 is 4.55 Å². The zero-order valence-electron chi connectivity index (χ0n) is 12.9. The molecule has 0 fully saturated rings. The molecule has 24 heavy (non-hydrogen) atoms. The van der Waals surface area contributed by atoms with Crippen LogP contribution in [0.2, 0.25) is 0 Å². The summed E-state index contributed by atoms with van der Waals surface area (Å²) in [4.78, 5) is 8.85. The highest BCUT2D eigenvalue weighted by atomic mass is 32.2. The van der Waals surface area contributed by atoms with Crippen molar-refractivity contribution in [3.05, 3.63) is 67.0 Å². The molecule has 1 unspecified atom stereocenters. The fraction of sp³-hybridized carbons (Fsp3) is 0.0556. The van der Waals surface area contributed by atoms with Gasteiger partial charge in [0.05, 0.1) is 10.9 Å². The van der Waals surface area contributed by atoms with E-state index in [4.69, 9.17) is 0 Å². The van der Waals surface area contributed by atoms with Crippen LogP contribution in [0.3, 0.4) is 0 Å². The zero-order valence-corrected chi connectivity index (χ0v) is 13.7. The van der Waals surface area contributed by atoms with Gasteiger partial charge >= 0.3 is 0 Å². The van der Waals surface area contributed by atoms with E-state index in [1.54, 1.807) is 35.5 Å². The summed E-state index contributed by atoms with van der Waals surface area (Å²) >= 11 is -1.19. The van der Waals surface area contributed by atoms with E-state index < -0.39 is 11.2 Å². The topological polar surface area (TPSA) is 66.7 Å². The average molecular weight is 333 g/mol. The van der Waals surface area contributed by atoms with Crippen molar-refractivity contribution in [1.82, 2.24) is 19.7 Å². The Morgan fingerprint density at radius 1 is 1.04 bits per heavy atom. The second-order valence-electron chi connectivity index (χ2n) is 5.25. The maximum atomic E-state index is 11.9. The van der Waals surface area contributed by atoms with E-state index in [0.717, 1.165) is 22.0 Å². The first-order valence-corrected chi connectivity index (χ1v) is 8.90. The van der Waals surface area contributed by atoms with E-state index in [1.807, 2.05) is 36.4 Å². The van der Waals surface area contributed by atoms with Gasteiger partial charge in [-0.3, -0.25) is 0 Å². The lowest BCUT2D eigenvalue weighted by molar-refractivity contribution is 0.595. The number of aromatic nitrogens is 4. The van der Waals surface area contributed by atoms with Gasteiger partial charge in [-0.05, 0) is 23.8 Å². The van der Waals surface area contributed by atoms with Gasteiger partial charge in [0.15, 0.2) is 0 Å². The van der Waals surface area contributed by atoms with Crippen molar-refractivity contribution in [1.29, 1.82) is 0 Å². The number of rotatable bonds is 3. The highest BCUT2D eigenvalue weighted by molar-refractivity contribution is 7.90. The molecular formula is C18H13N4OS. The summed E-state index contributed by atoms with van der Waals surface area (Å²) in [6, 6.07) is 18.4. The predicted molar refractivity (Wildman–Crippen MR) is 93.3 cm³/mol. The fourth-order valence-electron chi connectivity index (χ4n) is 2.55. The minimum absolute atomic E-state index is 0.441. The van der Waals surface area contributed by atoms with Crippen LogP contribution in [0.1, 0.15) is 0 Å². The molecule has 4 rings (SSSR count). The van der Waals surface area contributed by atoms with Crippen LogP contribution in [0.15, 0.2) is 66.0 Å². The van der Waals surface area contributed by atoms with Gasteiger partial charge in [-0.15, -0.1) is 5.10 Å². The summed E-state index contributed by atoms with van der Waals surface area (Å²) in [6.45, 7) is 0. The summed E-state index contributed by atoms with van der Waals surface area (Å²) < 4.78 is 13.5. The van der Waals surface area contributed by atoms with Gasteiger partial charge in [0.1, 0.15) is 6.26 Å². The van der Waals surface area contributed by atoms with E-state index in [2.05, 4.69) is 21.1 Å². The van der Waals surface area contributed by atoms with Crippen molar-refractivity contribution in [3.63, 3.8) is 0 Å². The molecule has 0 spiro atoms. The lowest BCUT2D eigenvalue weighted by atomic mass is 10.1. The number of benzene rings is 2. The van der Waals surface area contributed by atoms with Crippen molar-refractivity contribution in [2.45, 2.75) is 5.03 Å². The zero-order chi connectivity index (χ0) is 16.5. The van der Waals surface area contributed by atoms with Gasteiger partial charge in [0.25, 0.3) is 11.0 Å². The van der Waals surface area contributed by atoms with E-state index in [1.165, 1.54) is 0 Å². The molecule has 5 nitrogen and oxygen atoms in total. The van der Waals surface area contributed by atoms with Crippen molar-refractivity contribution >= 4 is 22.1 Å². The Hall–Kier alpha value is -2.70. The van der Waals surface area contributed by atoms with Crippen LogP contribution in [-0.4, -0.2) is 30.6 Å². The van der Waals surface area contributed by atoms with Crippen molar-refractivity contribution in [2.24, 2.45) is 0 Å². The first-order chi connectivity index (χ1) is 11.7. The summed E-state index contributed by atoms with van der Waals surface area (Å²) in [6.07, 6.45) is 5.14. The lowest BCUT2D eigenvalue weighted by Gasteiger charge is -2.03. The normalized spacial score (nSPS) is 12.4. The average Bonchev–Trinajstić information content (AvgIpc) is 3.03. The lowest BCUT2D eigenvalue weighted by Crippen LogP contribution is -2.05. The van der Waals surface area contributed by atoms with Gasteiger partial charge in [-0.1, -0.05) is 36.4 Å². The molecule has 0 amide bonds. The van der Waals surface area contributed by atoms with Crippen LogP contribution in [0.4, 0.5) is 0 Å². The van der Waals surface area contributed by atoms with Crippen LogP contribution < -0.4 is 0 Å². The van der Waals surface area contributed by atoms with Crippen LogP contribution in [0.25, 0.3) is 28.0 Å². The molecule has 117 valence electrons. The maximum Gasteiger partial charge on any atom is 0.271 e. The predicted octanol–water partition coefficient (Wildman–Crippen LogP) is 3.02. The minimum Gasteiger partial charge on any atom is -0.610 e. The van der Waals surface area contributed by atoms with Crippen molar-refractivity contribution in [3.8, 4) is 17.1 Å². The highest BCUT2D eigenvalue weighted by Crippen LogP contribution is 2.24. The third-order valence-electron chi connectivity index (χ3n) is 3.70. The molecule has 0 bridgehead atoms. The summed E-state index contributed by atoms with van der Waals surface area (Å²) in [5, 5.41) is 5.78. The second-order valence-corrected chi connectivity index (χ2v) is 6.55. The van der Waals surface area contributed by atoms with Gasteiger partial charge in [0.2, 0.25) is 0 Å². The molecular weight excluding hydrogens is 320 g/mol. The van der Waals surface area contributed by atoms with Crippen LogP contribution in [-0.2, 0) is 11.2 Å². The summed E-state index contributed by atoms with van der Waals surface area (Å²) in [5.74, 6) is 0.441. The van der Waals surface area contributed by atoms with Crippen LogP contribution >= 0.6 is 0 Å². The molecule has 0 saturated heterocycles. The largest absolute Gasteiger partial charge is 0.610 e. The quantitative estimate of drug-likeness (QED) is 0.541. The summed E-state index contributed by atoms with van der Waals surface area (Å²) in [5.41, 5.74) is 2.77. The fourth-order valence-corrected chi connectivity index (χ4v) is 3.23. The van der Waals surface area contributed by atoms with E-state index in [9.17, 15) is 4.55 Å². The molecule has 2 aromatic heterocycles. The Morgan fingerprint density at radius 2 is 1.79 bits per heavy atom. The Kier molecular flexibility index (Phi) is 3.76. The molecule has 0 aliphatic carbocycles. The Labute approximate surface area is 142 Å². The number of hydrogen-bond acceptors (Lipinski definition) is 4. The molecule has 0 N–H and O–H groups in total. The maximum absolute atomic E-state index is 11.9. The third-order valence-corrected chi connectivity index (χ3v) is 4.54. The van der Waals surface area contributed by atoms with Crippen molar-refractivity contribution in [2.75, 3.05) is 6.26 Å². The molecule has 2 heterocycles. The van der Waals surface area contributed by atoms with E-state index >= 15 is 0 Å². The first-order valence-electron chi connectivity index (χ1n) is 7.34. The van der Waals surface area contributed by atoms with Gasteiger partial charge in [-0.25, -0.2) is 9.97 Å². The van der Waals surface area contributed by atoms with Crippen molar-refractivity contribution < 1.29 is 4.55 Å². The SMILES string of the molecule is C[S+]([O-])c1nn(-c2ncc(-c3ccccc3)cn2)c2c[c]ccc12. The molecule has 0 aliphatic rings. The molecule has 6 heteroatoms. The van der Waals surface area contributed by atoms with Crippen LogP contribution in [0, 0.1) is 6.07 Å². The minimum atomic E-state index is -1.19. The number of nitrogens with zero attached hydrogens (tertiary/aromatic N) is 4. The van der Waals surface area contributed by atoms with E-state index in [-0.39, 0.29) is 0 Å². The highest BCUT2D eigenvalue weighted by Gasteiger charge is 2.19. The summed E-state index contributed by atoms with van der Waals surface area (Å²) in [7, 11) is 0. The molecule has 0 saturated carbocycles. The molecule has 4 aromatic rings. The Morgan fingerprint density at radius 3 is 2.50 bits per heavy atom. The Bertz CT molecular complexity index is 981. The molecule has 0 aliphatic heterocycles. The standard InChI is InChI=1S/C18H13N4OS/c1-24(23)17-15-9-5-6-10-16(15)22(21-17)18-19-11-14(12-20-18)13-7-3-2-4-8-13/h2-5,7-12H,1H3.